The van der Waals surface area contributed by atoms with Gasteiger partial charge in [-0.3, -0.25) is 0 Å². The van der Waals surface area contributed by atoms with Crippen molar-refractivity contribution in [2.75, 3.05) is 0 Å². The predicted octanol–water partition coefficient (Wildman–Crippen LogP) is 6.55. The average Bonchev–Trinajstić information content (AvgIpc) is 2.40. The number of hydrogen-bond acceptors (Lipinski definition) is 3. The third kappa shape index (κ3) is 4.52. The van der Waals surface area contributed by atoms with Crippen LogP contribution in [0.25, 0.3) is 0 Å². The Kier molecular flexibility index (Phi) is 5.05. The highest BCUT2D eigenvalue weighted by atomic mass is 28.4. The number of aryl methyl sites for hydroxylation is 4. The second-order valence-electron chi connectivity index (χ2n) is 7.08. The van der Waals surface area contributed by atoms with Gasteiger partial charge in [0.05, 0.1) is 5.69 Å². The molecule has 0 aliphatic rings. The third-order valence-corrected chi connectivity index (χ3v) is 4.32. The molecule has 2 rings (SSSR count). The lowest BCUT2D eigenvalue weighted by Gasteiger charge is -2.22. The van der Waals surface area contributed by atoms with Gasteiger partial charge in [0.15, 0.2) is 0 Å². The Morgan fingerprint density at radius 1 is 0.826 bits per heavy atom. The van der Waals surface area contributed by atoms with Crippen LogP contribution in [0.5, 0.6) is 5.75 Å². The molecule has 0 heterocycles. The first-order chi connectivity index (χ1) is 10.7. The van der Waals surface area contributed by atoms with E-state index in [-0.39, 0.29) is 0 Å². The highest BCUT2D eigenvalue weighted by Crippen LogP contribution is 2.36. The summed E-state index contributed by atoms with van der Waals surface area (Å²) in [6.07, 6.45) is 0. The molecule has 0 amide bonds. The zero-order valence-electron chi connectivity index (χ0n) is 15.2. The standard InChI is InChI=1S/C19H26N2OSi/c1-13-11-16(4)19(22-23(5,6)7)17(12-13)20-21-18-14(2)9-8-10-15(18)3/h8-12H,1-7H3. The van der Waals surface area contributed by atoms with Gasteiger partial charge in [0.2, 0.25) is 8.32 Å². The maximum absolute atomic E-state index is 6.25. The number of nitrogens with zero attached hydrogens (tertiary/aromatic N) is 2. The molecule has 0 saturated carbocycles. The molecule has 122 valence electrons. The van der Waals surface area contributed by atoms with Gasteiger partial charge in [-0.25, -0.2) is 0 Å². The molecule has 0 aliphatic heterocycles. The smallest absolute Gasteiger partial charge is 0.242 e. The summed E-state index contributed by atoms with van der Waals surface area (Å²) in [4.78, 5) is 0. The van der Waals surface area contributed by atoms with Crippen LogP contribution in [0.3, 0.4) is 0 Å². The van der Waals surface area contributed by atoms with Crippen LogP contribution in [0.15, 0.2) is 40.6 Å². The number of benzene rings is 2. The van der Waals surface area contributed by atoms with Gasteiger partial charge < -0.3 is 4.43 Å². The molecule has 23 heavy (non-hydrogen) atoms. The fourth-order valence-corrected chi connectivity index (χ4v) is 3.39. The van der Waals surface area contributed by atoms with Crippen molar-refractivity contribution in [1.29, 1.82) is 0 Å². The van der Waals surface area contributed by atoms with Crippen molar-refractivity contribution in [2.45, 2.75) is 47.3 Å². The van der Waals surface area contributed by atoms with E-state index in [2.05, 4.69) is 75.8 Å². The fourth-order valence-electron chi connectivity index (χ4n) is 2.51. The summed E-state index contributed by atoms with van der Waals surface area (Å²) < 4.78 is 6.25. The van der Waals surface area contributed by atoms with Gasteiger partial charge in [-0.15, -0.1) is 10.2 Å². The molecule has 4 heteroatoms. The van der Waals surface area contributed by atoms with E-state index >= 15 is 0 Å². The van der Waals surface area contributed by atoms with Gasteiger partial charge in [-0.05, 0) is 75.7 Å². The first-order valence-electron chi connectivity index (χ1n) is 7.95. The lowest BCUT2D eigenvalue weighted by atomic mass is 10.1. The van der Waals surface area contributed by atoms with Crippen molar-refractivity contribution >= 4 is 19.7 Å². The minimum atomic E-state index is -1.71. The van der Waals surface area contributed by atoms with E-state index in [0.29, 0.717) is 0 Å². The molecular formula is C19H26N2OSi. The van der Waals surface area contributed by atoms with Crippen molar-refractivity contribution in [1.82, 2.24) is 0 Å². The van der Waals surface area contributed by atoms with Crippen LogP contribution in [0, 0.1) is 27.7 Å². The summed E-state index contributed by atoms with van der Waals surface area (Å²) in [5.41, 5.74) is 6.29. The van der Waals surface area contributed by atoms with Gasteiger partial charge in [-0.2, -0.15) is 0 Å². The molecule has 2 aromatic carbocycles. The quantitative estimate of drug-likeness (QED) is 0.463. The second-order valence-corrected chi connectivity index (χ2v) is 11.5. The van der Waals surface area contributed by atoms with Crippen LogP contribution in [0.4, 0.5) is 11.4 Å². The first kappa shape index (κ1) is 17.4. The van der Waals surface area contributed by atoms with E-state index in [4.69, 9.17) is 4.43 Å². The van der Waals surface area contributed by atoms with Gasteiger partial charge >= 0.3 is 0 Å². The summed E-state index contributed by atoms with van der Waals surface area (Å²) in [5, 5.41) is 9.04. The zero-order valence-corrected chi connectivity index (χ0v) is 16.2. The Labute approximate surface area is 140 Å². The molecule has 0 spiro atoms. The van der Waals surface area contributed by atoms with Crippen LogP contribution in [0.1, 0.15) is 22.3 Å². The molecule has 0 fully saturated rings. The molecule has 0 aliphatic carbocycles. The monoisotopic (exact) mass is 326 g/mol. The van der Waals surface area contributed by atoms with E-state index in [1.807, 2.05) is 12.1 Å². The lowest BCUT2D eigenvalue weighted by molar-refractivity contribution is 0.553. The topological polar surface area (TPSA) is 34.0 Å². The molecule has 0 bridgehead atoms. The highest BCUT2D eigenvalue weighted by molar-refractivity contribution is 6.70. The molecule has 0 saturated heterocycles. The Morgan fingerprint density at radius 2 is 1.43 bits per heavy atom. The van der Waals surface area contributed by atoms with Gasteiger partial charge in [0.1, 0.15) is 11.4 Å². The normalized spacial score (nSPS) is 12.0. The van der Waals surface area contributed by atoms with E-state index in [9.17, 15) is 0 Å². The molecule has 0 N–H and O–H groups in total. The second kappa shape index (κ2) is 6.67. The van der Waals surface area contributed by atoms with Crippen molar-refractivity contribution in [2.24, 2.45) is 10.2 Å². The maximum Gasteiger partial charge on any atom is 0.242 e. The van der Waals surface area contributed by atoms with Crippen molar-refractivity contribution in [3.63, 3.8) is 0 Å². The van der Waals surface area contributed by atoms with Crippen LogP contribution in [-0.2, 0) is 0 Å². The van der Waals surface area contributed by atoms with Crippen LogP contribution >= 0.6 is 0 Å². The molecule has 2 aromatic rings. The molecular weight excluding hydrogens is 300 g/mol. The highest BCUT2D eigenvalue weighted by Gasteiger charge is 2.20. The van der Waals surface area contributed by atoms with E-state index in [1.54, 1.807) is 0 Å². The zero-order chi connectivity index (χ0) is 17.2. The average molecular weight is 327 g/mol. The molecule has 0 atom stereocenters. The molecule has 0 radical (unpaired) electrons. The predicted molar refractivity (Wildman–Crippen MR) is 100.0 cm³/mol. The first-order valence-corrected chi connectivity index (χ1v) is 11.4. The third-order valence-electron chi connectivity index (χ3n) is 3.50. The SMILES string of the molecule is Cc1cc(C)c(O[Si](C)(C)C)c(N=Nc2c(C)cccc2C)c1. The summed E-state index contributed by atoms with van der Waals surface area (Å²) >= 11 is 0. The summed E-state index contributed by atoms with van der Waals surface area (Å²) in [6, 6.07) is 10.3. The van der Waals surface area contributed by atoms with Crippen LogP contribution in [0.2, 0.25) is 19.6 Å². The maximum atomic E-state index is 6.25. The summed E-state index contributed by atoms with van der Waals surface area (Å²) in [5.74, 6) is 0.866. The van der Waals surface area contributed by atoms with Gasteiger partial charge in [0.25, 0.3) is 0 Å². The lowest BCUT2D eigenvalue weighted by Crippen LogP contribution is -2.29. The molecule has 0 aromatic heterocycles. The van der Waals surface area contributed by atoms with E-state index < -0.39 is 8.32 Å². The molecule has 3 nitrogen and oxygen atoms in total. The van der Waals surface area contributed by atoms with Crippen molar-refractivity contribution in [3.05, 3.63) is 52.6 Å². The Morgan fingerprint density at radius 3 is 2.00 bits per heavy atom. The minimum absolute atomic E-state index is 0.813. The Bertz CT molecular complexity index is 726. The number of hydrogen-bond donors (Lipinski definition) is 0. The summed E-state index contributed by atoms with van der Waals surface area (Å²) in [7, 11) is -1.71. The van der Waals surface area contributed by atoms with Crippen LogP contribution in [-0.4, -0.2) is 8.32 Å². The van der Waals surface area contributed by atoms with Crippen LogP contribution < -0.4 is 4.43 Å². The Balaban J connectivity index is 2.48. The van der Waals surface area contributed by atoms with Crippen molar-refractivity contribution < 1.29 is 4.43 Å². The number of rotatable bonds is 4. The van der Waals surface area contributed by atoms with Crippen molar-refractivity contribution in [3.8, 4) is 5.75 Å². The Hall–Kier alpha value is -1.94. The molecule has 0 unspecified atom stereocenters. The minimum Gasteiger partial charge on any atom is -0.543 e. The van der Waals surface area contributed by atoms with Gasteiger partial charge in [0, 0.05) is 0 Å². The number of azo groups is 1. The van der Waals surface area contributed by atoms with Gasteiger partial charge in [-0.1, -0.05) is 24.3 Å². The largest absolute Gasteiger partial charge is 0.543 e. The fraction of sp³-hybridized carbons (Fsp3) is 0.368. The van der Waals surface area contributed by atoms with E-state index in [1.165, 1.54) is 5.56 Å². The van der Waals surface area contributed by atoms with E-state index in [0.717, 1.165) is 33.8 Å². The summed E-state index contributed by atoms with van der Waals surface area (Å²) in [6.45, 7) is 14.8.